The summed E-state index contributed by atoms with van der Waals surface area (Å²) in [6, 6.07) is 6.45. The lowest BCUT2D eigenvalue weighted by Crippen LogP contribution is -2.49. The van der Waals surface area contributed by atoms with Crippen LogP contribution in [0.4, 0.5) is 17.6 Å². The van der Waals surface area contributed by atoms with E-state index in [1.807, 2.05) is 0 Å². The molecule has 11 heteroatoms. The minimum atomic E-state index is -4.68. The number of carbonyl (C=O) groups is 2. The quantitative estimate of drug-likeness (QED) is 0.509. The molecule has 2 amide bonds. The molecule has 1 heterocycles. The Kier molecular flexibility index (Phi) is 5.86. The molecule has 6 rings (SSSR count). The molecule has 4 atom stereocenters. The second kappa shape index (κ2) is 8.79. The first-order valence-corrected chi connectivity index (χ1v) is 14.3. The number of amides is 2. The number of piperidine rings is 1. The number of fused-ring (bicyclic) bond motifs is 1. The maximum absolute atomic E-state index is 14.8. The van der Waals surface area contributed by atoms with Crippen LogP contribution in [0.5, 0.6) is 0 Å². The van der Waals surface area contributed by atoms with Gasteiger partial charge in [-0.05, 0) is 80.7 Å². The molecule has 3 saturated carbocycles. The summed E-state index contributed by atoms with van der Waals surface area (Å²) in [5.74, 6) is -1.91. The van der Waals surface area contributed by atoms with Crippen LogP contribution < -0.4 is 5.32 Å². The summed E-state index contributed by atoms with van der Waals surface area (Å²) < 4.78 is 79.2. The number of likely N-dealkylation sites (tertiary alicyclic amines) is 1. The highest BCUT2D eigenvalue weighted by molar-refractivity contribution is 7.92. The van der Waals surface area contributed by atoms with Crippen molar-refractivity contribution in [2.75, 3.05) is 0 Å². The Morgan fingerprint density at radius 1 is 1.00 bits per heavy atom. The third kappa shape index (κ3) is 4.58. The number of carbonyl (C=O) groups excluding carboxylic acids is 2. The zero-order valence-electron chi connectivity index (χ0n) is 20.2. The van der Waals surface area contributed by atoms with E-state index in [0.29, 0.717) is 38.2 Å². The Balaban J connectivity index is 1.23. The van der Waals surface area contributed by atoms with Crippen LogP contribution in [-0.4, -0.2) is 42.5 Å². The van der Waals surface area contributed by atoms with Crippen molar-refractivity contribution < 1.29 is 35.6 Å². The molecule has 0 unspecified atom stereocenters. The molecule has 4 aliphatic rings. The van der Waals surface area contributed by atoms with Crippen LogP contribution in [0.2, 0.25) is 0 Å². The van der Waals surface area contributed by atoms with Crippen LogP contribution in [0.1, 0.15) is 66.1 Å². The lowest BCUT2D eigenvalue weighted by molar-refractivity contribution is -0.137. The topological polar surface area (TPSA) is 83.6 Å². The summed E-state index contributed by atoms with van der Waals surface area (Å²) in [6.45, 7) is 0. The van der Waals surface area contributed by atoms with E-state index in [9.17, 15) is 35.6 Å². The fourth-order valence-electron chi connectivity index (χ4n) is 5.59. The van der Waals surface area contributed by atoms with Crippen LogP contribution in [-0.2, 0) is 20.8 Å². The Bertz CT molecular complexity index is 1420. The van der Waals surface area contributed by atoms with Gasteiger partial charge in [0.2, 0.25) is 5.91 Å². The molecule has 0 radical (unpaired) electrons. The summed E-state index contributed by atoms with van der Waals surface area (Å²) in [4.78, 5) is 28.6. The highest BCUT2D eigenvalue weighted by Crippen LogP contribution is 2.49. The van der Waals surface area contributed by atoms with Gasteiger partial charge in [-0.2, -0.15) is 13.2 Å². The Morgan fingerprint density at radius 2 is 1.74 bits per heavy atom. The van der Waals surface area contributed by atoms with E-state index in [1.54, 1.807) is 0 Å². The van der Waals surface area contributed by atoms with E-state index >= 15 is 0 Å². The predicted molar refractivity (Wildman–Crippen MR) is 128 cm³/mol. The van der Waals surface area contributed by atoms with Crippen molar-refractivity contribution in [2.24, 2.45) is 11.8 Å². The lowest BCUT2D eigenvalue weighted by atomic mass is 9.99. The predicted octanol–water partition coefficient (Wildman–Crippen LogP) is 4.65. The number of hydrogen-bond acceptors (Lipinski definition) is 4. The molecule has 1 aliphatic heterocycles. The van der Waals surface area contributed by atoms with Crippen LogP contribution in [0.25, 0.3) is 0 Å². The summed E-state index contributed by atoms with van der Waals surface area (Å²) in [5, 5.41) is 2.40. The average Bonchev–Trinajstić information content (AvgIpc) is 3.73. The van der Waals surface area contributed by atoms with Gasteiger partial charge >= 0.3 is 6.18 Å². The van der Waals surface area contributed by atoms with Crippen molar-refractivity contribution in [3.8, 4) is 0 Å². The third-order valence-electron chi connectivity index (χ3n) is 8.07. The first-order valence-electron chi connectivity index (χ1n) is 12.8. The molecule has 38 heavy (non-hydrogen) atoms. The molecular weight excluding hydrogens is 524 g/mol. The maximum atomic E-state index is 14.8. The van der Waals surface area contributed by atoms with E-state index in [1.165, 1.54) is 29.2 Å². The first kappa shape index (κ1) is 25.3. The fourth-order valence-corrected chi connectivity index (χ4v) is 7.29. The third-order valence-corrected chi connectivity index (χ3v) is 10.3. The highest BCUT2D eigenvalue weighted by atomic mass is 32.2. The average molecular weight is 551 g/mol. The van der Waals surface area contributed by atoms with Crippen LogP contribution in [0.15, 0.2) is 47.4 Å². The molecule has 0 aromatic heterocycles. The summed E-state index contributed by atoms with van der Waals surface area (Å²) in [7, 11) is -3.50. The molecule has 3 aliphatic carbocycles. The molecule has 2 aromatic rings. The van der Waals surface area contributed by atoms with Gasteiger partial charge in [-0.15, -0.1) is 0 Å². The van der Waals surface area contributed by atoms with Gasteiger partial charge in [-0.3, -0.25) is 9.59 Å². The van der Waals surface area contributed by atoms with E-state index < -0.39 is 56.5 Å². The van der Waals surface area contributed by atoms with Crippen molar-refractivity contribution in [3.05, 3.63) is 65.0 Å². The minimum absolute atomic E-state index is 0.00660. The van der Waals surface area contributed by atoms with Gasteiger partial charge < -0.3 is 10.2 Å². The molecule has 4 fully saturated rings. The van der Waals surface area contributed by atoms with Crippen molar-refractivity contribution >= 4 is 21.7 Å². The first-order chi connectivity index (χ1) is 17.9. The standard InChI is InChI=1S/C27H26F4N2O4S/c28-21-13-17(27(29,30)31)6-9-20(21)24(14-4-5-14)32-25(34)23-12-16-11-22(16)33(23)26(35)15-2-1-3-19(10-15)38(36,37)18-7-8-18/h1-3,6,9-10,13-14,16,18,22-24H,4-5,7-8,11-12H2,(H,32,34)/t16-,22-,23-,24-/m1/s1. The lowest BCUT2D eigenvalue weighted by Gasteiger charge is -2.29. The number of nitrogens with zero attached hydrogens (tertiary/aromatic N) is 1. The number of sulfone groups is 1. The van der Waals surface area contributed by atoms with Crippen molar-refractivity contribution in [2.45, 2.75) is 73.0 Å². The zero-order chi connectivity index (χ0) is 27.0. The summed E-state index contributed by atoms with van der Waals surface area (Å²) in [5.41, 5.74) is -0.921. The number of halogens is 4. The van der Waals surface area contributed by atoms with Crippen molar-refractivity contribution in [1.29, 1.82) is 0 Å². The van der Waals surface area contributed by atoms with Gasteiger partial charge in [0.1, 0.15) is 11.9 Å². The van der Waals surface area contributed by atoms with E-state index in [2.05, 4.69) is 5.32 Å². The second-order valence-electron chi connectivity index (χ2n) is 10.9. The van der Waals surface area contributed by atoms with Gasteiger partial charge in [-0.25, -0.2) is 12.8 Å². The Labute approximate surface area is 217 Å². The molecule has 202 valence electrons. The smallest absolute Gasteiger partial charge is 0.347 e. The highest BCUT2D eigenvalue weighted by Gasteiger charge is 2.56. The maximum Gasteiger partial charge on any atom is 0.416 e. The molecule has 6 nitrogen and oxygen atoms in total. The van der Waals surface area contributed by atoms with Gasteiger partial charge in [0.15, 0.2) is 9.84 Å². The zero-order valence-corrected chi connectivity index (χ0v) is 21.1. The number of alkyl halides is 3. The summed E-state index contributed by atoms with van der Waals surface area (Å²) >= 11 is 0. The number of hydrogen-bond donors (Lipinski definition) is 1. The molecule has 0 spiro atoms. The fraction of sp³-hybridized carbons (Fsp3) is 0.481. The Morgan fingerprint density at radius 3 is 2.37 bits per heavy atom. The normalized spacial score (nSPS) is 25.6. The van der Waals surface area contributed by atoms with Crippen molar-refractivity contribution in [1.82, 2.24) is 10.2 Å². The summed E-state index contributed by atoms with van der Waals surface area (Å²) in [6.07, 6.45) is -0.915. The van der Waals surface area contributed by atoms with E-state index in [-0.39, 0.29) is 33.9 Å². The number of nitrogens with one attached hydrogen (secondary N) is 1. The molecule has 2 aromatic carbocycles. The second-order valence-corrected chi connectivity index (χ2v) is 13.1. The van der Waals surface area contributed by atoms with E-state index in [4.69, 9.17) is 0 Å². The van der Waals surface area contributed by atoms with Gasteiger partial charge in [0.05, 0.1) is 21.8 Å². The molecule has 1 saturated heterocycles. The Hall–Kier alpha value is -2.95. The van der Waals surface area contributed by atoms with Crippen LogP contribution in [0, 0.1) is 17.7 Å². The molecule has 1 N–H and O–H groups in total. The van der Waals surface area contributed by atoms with Gasteiger partial charge in [0, 0.05) is 17.2 Å². The SMILES string of the molecule is O=C(N[C@@H](c1ccc(C(F)(F)F)cc1F)C1CC1)[C@H]1C[C@H]2C[C@H]2N1C(=O)c1cccc(S(=O)(=O)C2CC2)c1. The minimum Gasteiger partial charge on any atom is -0.347 e. The van der Waals surface area contributed by atoms with Gasteiger partial charge in [0.25, 0.3) is 5.91 Å². The van der Waals surface area contributed by atoms with Crippen LogP contribution in [0.3, 0.4) is 0 Å². The van der Waals surface area contributed by atoms with Crippen LogP contribution >= 0.6 is 0 Å². The van der Waals surface area contributed by atoms with E-state index in [0.717, 1.165) is 18.6 Å². The molecular formula is C27H26F4N2O4S. The van der Waals surface area contributed by atoms with Gasteiger partial charge in [-0.1, -0.05) is 12.1 Å². The van der Waals surface area contributed by atoms with Crippen molar-refractivity contribution in [3.63, 3.8) is 0 Å². The monoisotopic (exact) mass is 550 g/mol. The largest absolute Gasteiger partial charge is 0.416 e. The molecule has 0 bridgehead atoms. The number of rotatable bonds is 7. The number of benzene rings is 2.